The maximum Gasteiger partial charge on any atom is 0.271 e. The highest BCUT2D eigenvalue weighted by Gasteiger charge is 2.12. The lowest BCUT2D eigenvalue weighted by Crippen LogP contribution is -2.21. The summed E-state index contributed by atoms with van der Waals surface area (Å²) in [5, 5.41) is 17.8. The molecule has 0 saturated heterocycles. The summed E-state index contributed by atoms with van der Waals surface area (Å²) < 4.78 is 0. The number of hydrogen-bond donors (Lipinski definition) is 4. The molecule has 0 radical (unpaired) electrons. The topological polar surface area (TPSA) is 141 Å². The van der Waals surface area contributed by atoms with Crippen LogP contribution < -0.4 is 21.5 Å². The highest BCUT2D eigenvalue weighted by atomic mass is 32.1. The number of amides is 4. The third-order valence-corrected chi connectivity index (χ3v) is 8.36. The molecule has 0 aliphatic carbocycles. The summed E-state index contributed by atoms with van der Waals surface area (Å²) in [5.74, 6) is -1.30. The molecule has 0 bridgehead atoms. The molecule has 0 aliphatic heterocycles. The molecule has 10 nitrogen and oxygen atoms in total. The maximum atomic E-state index is 12.7. The van der Waals surface area contributed by atoms with Gasteiger partial charge in [0.05, 0.1) is 21.2 Å². The zero-order chi connectivity index (χ0) is 32.5. The molecule has 5 rings (SSSR count). The summed E-state index contributed by atoms with van der Waals surface area (Å²) in [6, 6.07) is 27.5. The number of rotatable bonds is 10. The van der Waals surface area contributed by atoms with Gasteiger partial charge in [-0.3, -0.25) is 19.2 Å². The molecule has 3 aromatic carbocycles. The van der Waals surface area contributed by atoms with Gasteiger partial charge in [0, 0.05) is 22.5 Å². The smallest absolute Gasteiger partial charge is 0.271 e. The molecular weight excluding hydrogens is 621 g/mol. The van der Waals surface area contributed by atoms with E-state index in [4.69, 9.17) is 0 Å². The number of anilines is 2. The van der Waals surface area contributed by atoms with Gasteiger partial charge in [-0.05, 0) is 96.4 Å². The lowest BCUT2D eigenvalue weighted by Gasteiger charge is -2.08. The Bertz CT molecular complexity index is 1790. The third-order valence-electron chi connectivity index (χ3n) is 6.63. The highest BCUT2D eigenvalue weighted by Crippen LogP contribution is 2.17. The Hall–Kier alpha value is -5.72. The first-order valence-electron chi connectivity index (χ1n) is 14.0. The molecule has 0 fully saturated rings. The van der Waals surface area contributed by atoms with E-state index in [1.165, 1.54) is 46.9 Å². The summed E-state index contributed by atoms with van der Waals surface area (Å²) in [5.41, 5.74) is 9.42. The van der Waals surface area contributed by atoms with Gasteiger partial charge in [0.1, 0.15) is 0 Å². The second-order valence-electron chi connectivity index (χ2n) is 9.88. The second kappa shape index (κ2) is 14.8. The maximum absolute atomic E-state index is 12.7. The van der Waals surface area contributed by atoms with Crippen LogP contribution in [-0.2, 0) is 0 Å². The molecule has 230 valence electrons. The molecule has 5 aromatic rings. The number of nitrogens with zero attached hydrogens (tertiary/aromatic N) is 2. The number of carbonyl (C=O) groups is 4. The molecule has 2 heterocycles. The number of hydrazone groups is 2. The Morgan fingerprint density at radius 2 is 0.913 bits per heavy atom. The third kappa shape index (κ3) is 8.25. The van der Waals surface area contributed by atoms with Gasteiger partial charge in [-0.25, -0.2) is 10.9 Å². The van der Waals surface area contributed by atoms with Crippen LogP contribution >= 0.6 is 22.7 Å². The Balaban J connectivity index is 1.15. The number of thiophene rings is 2. The number of hydrogen-bond acceptors (Lipinski definition) is 8. The van der Waals surface area contributed by atoms with E-state index in [1.54, 1.807) is 62.4 Å². The first kappa shape index (κ1) is 31.7. The molecule has 12 heteroatoms. The van der Waals surface area contributed by atoms with Crippen molar-refractivity contribution in [3.05, 3.63) is 140 Å². The van der Waals surface area contributed by atoms with Gasteiger partial charge in [0.2, 0.25) is 0 Å². The van der Waals surface area contributed by atoms with Crippen molar-refractivity contribution < 1.29 is 19.2 Å². The zero-order valence-corrected chi connectivity index (χ0v) is 26.4. The Morgan fingerprint density at radius 3 is 1.28 bits per heavy atom. The predicted octanol–water partition coefficient (Wildman–Crippen LogP) is 6.62. The quantitative estimate of drug-likeness (QED) is 0.0998. The predicted molar refractivity (Wildman–Crippen MR) is 183 cm³/mol. The first-order chi connectivity index (χ1) is 22.3. The van der Waals surface area contributed by atoms with Crippen LogP contribution in [-0.4, -0.2) is 35.1 Å². The molecule has 0 unspecified atom stereocenters. The molecule has 0 spiro atoms. The van der Waals surface area contributed by atoms with Crippen LogP contribution in [0.1, 0.15) is 65.0 Å². The van der Waals surface area contributed by atoms with Crippen LogP contribution in [0, 0.1) is 0 Å². The summed E-state index contributed by atoms with van der Waals surface area (Å²) in [4.78, 5) is 51.4. The minimum atomic E-state index is -0.451. The number of nitrogens with one attached hydrogen (secondary N) is 4. The molecule has 4 N–H and O–H groups in total. The molecular formula is C34H28N6O4S2. The average molecular weight is 649 g/mol. The summed E-state index contributed by atoms with van der Waals surface area (Å²) in [6.45, 7) is 3.49. The van der Waals surface area contributed by atoms with Crippen molar-refractivity contribution in [2.24, 2.45) is 10.2 Å². The van der Waals surface area contributed by atoms with E-state index in [-0.39, 0.29) is 11.8 Å². The largest absolute Gasteiger partial charge is 0.321 e. The molecule has 0 aliphatic rings. The minimum Gasteiger partial charge on any atom is -0.321 e. The molecule has 0 atom stereocenters. The fourth-order valence-electron chi connectivity index (χ4n) is 4.15. The normalized spacial score (nSPS) is 11.4. The van der Waals surface area contributed by atoms with Crippen LogP contribution in [0.5, 0.6) is 0 Å². The average Bonchev–Trinajstić information content (AvgIpc) is 3.82. The summed E-state index contributed by atoms with van der Waals surface area (Å²) >= 11 is 2.71. The van der Waals surface area contributed by atoms with E-state index < -0.39 is 11.8 Å². The Labute approximate surface area is 272 Å². The van der Waals surface area contributed by atoms with Crippen molar-refractivity contribution in [1.82, 2.24) is 10.9 Å². The van der Waals surface area contributed by atoms with E-state index in [0.717, 1.165) is 11.1 Å². The minimum absolute atomic E-state index is 0.198. The van der Waals surface area contributed by atoms with Gasteiger partial charge in [-0.1, -0.05) is 36.4 Å². The van der Waals surface area contributed by atoms with Gasteiger partial charge >= 0.3 is 0 Å². The Kier molecular flexibility index (Phi) is 10.2. The lowest BCUT2D eigenvalue weighted by atomic mass is 10.1. The van der Waals surface area contributed by atoms with E-state index in [2.05, 4.69) is 31.7 Å². The SMILES string of the molecule is CC(=NNC(=O)c1ccc(C(=O)NN=C(C)c2cccc(NC(=O)c3cccs3)c2)cc1)c1cccc(NC(=O)c2cccs2)c1. The van der Waals surface area contributed by atoms with Gasteiger partial charge in [0.15, 0.2) is 0 Å². The zero-order valence-electron chi connectivity index (χ0n) is 24.7. The first-order valence-corrected chi connectivity index (χ1v) is 15.7. The van der Waals surface area contributed by atoms with Crippen molar-refractivity contribution in [2.75, 3.05) is 10.6 Å². The van der Waals surface area contributed by atoms with Gasteiger partial charge < -0.3 is 10.6 Å². The van der Waals surface area contributed by atoms with Crippen molar-refractivity contribution in [1.29, 1.82) is 0 Å². The fourth-order valence-corrected chi connectivity index (χ4v) is 5.38. The van der Waals surface area contributed by atoms with E-state index in [1.807, 2.05) is 35.0 Å². The van der Waals surface area contributed by atoms with Gasteiger partial charge in [-0.2, -0.15) is 10.2 Å². The summed E-state index contributed by atoms with van der Waals surface area (Å²) in [7, 11) is 0. The second-order valence-corrected chi connectivity index (χ2v) is 11.8. The van der Waals surface area contributed by atoms with E-state index >= 15 is 0 Å². The molecule has 0 saturated carbocycles. The molecule has 46 heavy (non-hydrogen) atoms. The highest BCUT2D eigenvalue weighted by molar-refractivity contribution is 7.12. The van der Waals surface area contributed by atoms with Crippen LogP contribution in [0.25, 0.3) is 0 Å². The van der Waals surface area contributed by atoms with Crippen LogP contribution in [0.3, 0.4) is 0 Å². The monoisotopic (exact) mass is 648 g/mol. The van der Waals surface area contributed by atoms with Crippen LogP contribution in [0.15, 0.2) is 118 Å². The number of benzene rings is 3. The van der Waals surface area contributed by atoms with Crippen molar-refractivity contribution in [3.63, 3.8) is 0 Å². The van der Waals surface area contributed by atoms with Crippen LogP contribution in [0.2, 0.25) is 0 Å². The Morgan fingerprint density at radius 1 is 0.500 bits per heavy atom. The van der Waals surface area contributed by atoms with Gasteiger partial charge in [-0.15, -0.1) is 22.7 Å². The van der Waals surface area contributed by atoms with Crippen molar-refractivity contribution >= 4 is 69.1 Å². The van der Waals surface area contributed by atoms with Crippen LogP contribution in [0.4, 0.5) is 11.4 Å². The van der Waals surface area contributed by atoms with Crippen molar-refractivity contribution in [3.8, 4) is 0 Å². The molecule has 2 aromatic heterocycles. The summed E-state index contributed by atoms with van der Waals surface area (Å²) in [6.07, 6.45) is 0. The van der Waals surface area contributed by atoms with Gasteiger partial charge in [0.25, 0.3) is 23.6 Å². The lowest BCUT2D eigenvalue weighted by molar-refractivity contribution is 0.0943. The molecule has 4 amide bonds. The number of carbonyl (C=O) groups excluding carboxylic acids is 4. The van der Waals surface area contributed by atoms with E-state index in [9.17, 15) is 19.2 Å². The standard InChI is InChI=1S/C34H28N6O4S2/c1-21(25-7-3-9-27(19-25)35-33(43)29-11-5-17-45-29)37-39-31(41)23-13-15-24(16-14-23)32(42)40-38-22(2)26-8-4-10-28(20-26)36-34(44)30-12-6-18-46-30/h3-20H,1-2H3,(H,35,43)(H,36,44)(H,39,41)(H,40,42). The fraction of sp³-hybridized carbons (Fsp3) is 0.0588. The van der Waals surface area contributed by atoms with E-state index in [0.29, 0.717) is 43.7 Å². The van der Waals surface area contributed by atoms with Crippen molar-refractivity contribution in [2.45, 2.75) is 13.8 Å².